The normalized spacial score (nSPS) is 18.7. The van der Waals surface area contributed by atoms with E-state index in [-0.39, 0.29) is 0 Å². The monoisotopic (exact) mass is 298 g/mol. The van der Waals surface area contributed by atoms with E-state index in [4.69, 9.17) is 4.74 Å². The van der Waals surface area contributed by atoms with E-state index in [9.17, 15) is 0 Å². The van der Waals surface area contributed by atoms with Gasteiger partial charge in [0.15, 0.2) is 0 Å². The first kappa shape index (κ1) is 18.9. The predicted molar refractivity (Wildman–Crippen MR) is 92.0 cm³/mol. The van der Waals surface area contributed by atoms with Crippen molar-refractivity contribution in [2.45, 2.75) is 77.2 Å². The van der Waals surface area contributed by atoms with Gasteiger partial charge < -0.3 is 10.1 Å². The second-order valence-corrected chi connectivity index (χ2v) is 6.56. The van der Waals surface area contributed by atoms with E-state index in [1.54, 1.807) is 0 Å². The molecule has 0 aromatic carbocycles. The minimum absolute atomic E-state index is 0.718. The van der Waals surface area contributed by atoms with Gasteiger partial charge in [0.05, 0.1) is 6.61 Å². The Morgan fingerprint density at radius 2 is 1.71 bits per heavy atom. The van der Waals surface area contributed by atoms with Crippen LogP contribution in [-0.4, -0.2) is 50.8 Å². The summed E-state index contributed by atoms with van der Waals surface area (Å²) in [6.07, 6.45) is 13.9. The number of methoxy groups -OCH3 is 1. The number of nitrogens with one attached hydrogen (secondary N) is 1. The SMILES string of the molecule is CCCCCCCCCCN(CCOC)CC1CCCN1. The first-order valence-corrected chi connectivity index (χ1v) is 9.31. The second kappa shape index (κ2) is 13.5. The summed E-state index contributed by atoms with van der Waals surface area (Å²) in [5.74, 6) is 0. The number of rotatable bonds is 14. The van der Waals surface area contributed by atoms with Gasteiger partial charge in [0.25, 0.3) is 0 Å². The largest absolute Gasteiger partial charge is 0.383 e. The van der Waals surface area contributed by atoms with Crippen molar-refractivity contribution in [3.05, 3.63) is 0 Å². The quantitative estimate of drug-likeness (QED) is 0.493. The summed E-state index contributed by atoms with van der Waals surface area (Å²) in [4.78, 5) is 2.60. The van der Waals surface area contributed by atoms with Crippen LogP contribution >= 0.6 is 0 Å². The van der Waals surface area contributed by atoms with Gasteiger partial charge in [0, 0.05) is 26.2 Å². The molecular weight excluding hydrogens is 260 g/mol. The van der Waals surface area contributed by atoms with Crippen molar-refractivity contribution >= 4 is 0 Å². The van der Waals surface area contributed by atoms with Crippen molar-refractivity contribution in [1.29, 1.82) is 0 Å². The van der Waals surface area contributed by atoms with Gasteiger partial charge in [-0.1, -0.05) is 51.9 Å². The Kier molecular flexibility index (Phi) is 12.2. The van der Waals surface area contributed by atoms with Crippen LogP contribution in [-0.2, 0) is 4.74 Å². The fourth-order valence-corrected chi connectivity index (χ4v) is 3.21. The van der Waals surface area contributed by atoms with Crippen LogP contribution in [0, 0.1) is 0 Å². The summed E-state index contributed by atoms with van der Waals surface area (Å²) in [7, 11) is 1.81. The van der Waals surface area contributed by atoms with Crippen LogP contribution in [0.5, 0.6) is 0 Å². The Morgan fingerprint density at radius 3 is 2.33 bits per heavy atom. The van der Waals surface area contributed by atoms with Crippen molar-refractivity contribution in [1.82, 2.24) is 10.2 Å². The molecule has 1 N–H and O–H groups in total. The Labute approximate surface area is 132 Å². The zero-order valence-electron chi connectivity index (χ0n) is 14.5. The molecule has 0 aliphatic carbocycles. The lowest BCUT2D eigenvalue weighted by molar-refractivity contribution is 0.140. The lowest BCUT2D eigenvalue weighted by Crippen LogP contribution is -2.39. The Hall–Kier alpha value is -0.120. The minimum Gasteiger partial charge on any atom is -0.383 e. The molecule has 0 amide bonds. The predicted octanol–water partition coefficient (Wildman–Crippen LogP) is 3.83. The molecule has 1 aliphatic heterocycles. The summed E-state index contributed by atoms with van der Waals surface area (Å²) in [6.45, 7) is 7.90. The molecule has 1 saturated heterocycles. The van der Waals surface area contributed by atoms with E-state index >= 15 is 0 Å². The summed E-state index contributed by atoms with van der Waals surface area (Å²) in [5.41, 5.74) is 0. The van der Waals surface area contributed by atoms with Crippen LogP contribution in [0.4, 0.5) is 0 Å². The highest BCUT2D eigenvalue weighted by Gasteiger charge is 2.17. The third kappa shape index (κ3) is 10.3. The van der Waals surface area contributed by atoms with Gasteiger partial charge in [-0.25, -0.2) is 0 Å². The van der Waals surface area contributed by atoms with Crippen molar-refractivity contribution in [3.63, 3.8) is 0 Å². The Bertz CT molecular complexity index is 217. The van der Waals surface area contributed by atoms with Gasteiger partial charge in [-0.05, 0) is 32.4 Å². The minimum atomic E-state index is 0.718. The lowest BCUT2D eigenvalue weighted by Gasteiger charge is -2.25. The second-order valence-electron chi connectivity index (χ2n) is 6.56. The van der Waals surface area contributed by atoms with Crippen LogP contribution in [0.2, 0.25) is 0 Å². The molecule has 1 fully saturated rings. The summed E-state index contributed by atoms with van der Waals surface area (Å²) >= 11 is 0. The van der Waals surface area contributed by atoms with Crippen molar-refractivity contribution < 1.29 is 4.74 Å². The highest BCUT2D eigenvalue weighted by Crippen LogP contribution is 2.11. The molecule has 0 aromatic heterocycles. The molecule has 0 aromatic rings. The summed E-state index contributed by atoms with van der Waals surface area (Å²) in [6, 6.07) is 0.718. The van der Waals surface area contributed by atoms with Gasteiger partial charge in [0.1, 0.15) is 0 Å². The first-order chi connectivity index (χ1) is 10.4. The number of nitrogens with zero attached hydrogens (tertiary/aromatic N) is 1. The molecule has 0 bridgehead atoms. The molecule has 1 atom stereocenters. The van der Waals surface area contributed by atoms with Crippen LogP contribution < -0.4 is 5.32 Å². The third-order valence-corrected chi connectivity index (χ3v) is 4.58. The molecule has 1 heterocycles. The molecule has 3 nitrogen and oxygen atoms in total. The zero-order valence-corrected chi connectivity index (χ0v) is 14.5. The van der Waals surface area contributed by atoms with Crippen molar-refractivity contribution in [3.8, 4) is 0 Å². The number of ether oxygens (including phenoxy) is 1. The topological polar surface area (TPSA) is 24.5 Å². The van der Waals surface area contributed by atoms with Crippen LogP contribution in [0.25, 0.3) is 0 Å². The van der Waals surface area contributed by atoms with Gasteiger partial charge >= 0.3 is 0 Å². The molecule has 1 aliphatic rings. The first-order valence-electron chi connectivity index (χ1n) is 9.31. The maximum atomic E-state index is 5.26. The number of hydrogen-bond donors (Lipinski definition) is 1. The van der Waals surface area contributed by atoms with E-state index in [0.29, 0.717) is 0 Å². The Balaban J connectivity index is 2.02. The van der Waals surface area contributed by atoms with Crippen LogP contribution in [0.1, 0.15) is 71.1 Å². The van der Waals surface area contributed by atoms with E-state index < -0.39 is 0 Å². The average molecular weight is 299 g/mol. The van der Waals surface area contributed by atoms with Gasteiger partial charge in [-0.3, -0.25) is 4.90 Å². The fraction of sp³-hybridized carbons (Fsp3) is 1.00. The molecule has 1 rings (SSSR count). The molecular formula is C18H38N2O. The number of unbranched alkanes of at least 4 members (excludes halogenated alkanes) is 7. The molecule has 0 spiro atoms. The average Bonchev–Trinajstić information content (AvgIpc) is 3.00. The highest BCUT2D eigenvalue weighted by atomic mass is 16.5. The van der Waals surface area contributed by atoms with E-state index in [1.165, 1.54) is 83.8 Å². The molecule has 0 saturated carbocycles. The van der Waals surface area contributed by atoms with E-state index in [0.717, 1.165) is 19.2 Å². The Morgan fingerprint density at radius 1 is 1.00 bits per heavy atom. The van der Waals surface area contributed by atoms with Gasteiger partial charge in [-0.15, -0.1) is 0 Å². The molecule has 0 radical (unpaired) electrons. The van der Waals surface area contributed by atoms with Crippen molar-refractivity contribution in [2.24, 2.45) is 0 Å². The summed E-state index contributed by atoms with van der Waals surface area (Å²) in [5, 5.41) is 3.61. The standard InChI is InChI=1S/C18H38N2O/c1-3-4-5-6-7-8-9-10-14-20(15-16-21-2)17-18-12-11-13-19-18/h18-19H,3-17H2,1-2H3. The third-order valence-electron chi connectivity index (χ3n) is 4.58. The van der Waals surface area contributed by atoms with Crippen LogP contribution in [0.3, 0.4) is 0 Å². The maximum absolute atomic E-state index is 5.26. The van der Waals surface area contributed by atoms with Crippen molar-refractivity contribution in [2.75, 3.05) is 39.9 Å². The summed E-state index contributed by atoms with van der Waals surface area (Å²) < 4.78 is 5.26. The molecule has 1 unspecified atom stereocenters. The van der Waals surface area contributed by atoms with E-state index in [1.807, 2.05) is 7.11 Å². The highest BCUT2D eigenvalue weighted by molar-refractivity contribution is 4.77. The zero-order chi connectivity index (χ0) is 15.2. The van der Waals surface area contributed by atoms with E-state index in [2.05, 4.69) is 17.1 Å². The maximum Gasteiger partial charge on any atom is 0.0589 e. The van der Waals surface area contributed by atoms with Crippen LogP contribution in [0.15, 0.2) is 0 Å². The lowest BCUT2D eigenvalue weighted by atomic mass is 10.1. The number of hydrogen-bond acceptors (Lipinski definition) is 3. The molecule has 126 valence electrons. The smallest absolute Gasteiger partial charge is 0.0589 e. The fourth-order valence-electron chi connectivity index (χ4n) is 3.21. The van der Waals surface area contributed by atoms with Gasteiger partial charge in [0.2, 0.25) is 0 Å². The van der Waals surface area contributed by atoms with Gasteiger partial charge in [-0.2, -0.15) is 0 Å². The molecule has 21 heavy (non-hydrogen) atoms. The molecule has 3 heteroatoms.